The van der Waals surface area contributed by atoms with Crippen LogP contribution in [0.4, 0.5) is 0 Å². The summed E-state index contributed by atoms with van der Waals surface area (Å²) in [6.45, 7) is 3.68. The highest BCUT2D eigenvalue weighted by atomic mass is 16.5. The summed E-state index contributed by atoms with van der Waals surface area (Å²) < 4.78 is 11.1. The first-order valence-corrected chi connectivity index (χ1v) is 6.43. The molecule has 3 atom stereocenters. The second kappa shape index (κ2) is 5.96. The summed E-state index contributed by atoms with van der Waals surface area (Å²) in [6.07, 6.45) is 5.60. The van der Waals surface area contributed by atoms with Crippen LogP contribution in [-0.4, -0.2) is 56.5 Å². The molecule has 2 aliphatic rings. The van der Waals surface area contributed by atoms with E-state index in [2.05, 4.69) is 4.90 Å². The molecule has 1 heterocycles. The van der Waals surface area contributed by atoms with E-state index in [0.717, 1.165) is 26.1 Å². The van der Waals surface area contributed by atoms with E-state index in [0.29, 0.717) is 18.7 Å². The number of nitrogens with two attached hydrogens (primary N) is 1. The molecule has 0 radical (unpaired) electrons. The van der Waals surface area contributed by atoms with Gasteiger partial charge in [-0.15, -0.1) is 0 Å². The zero-order valence-corrected chi connectivity index (χ0v) is 10.2. The molecular formula is C12H24N2O2. The van der Waals surface area contributed by atoms with Crippen LogP contribution in [0.5, 0.6) is 0 Å². The smallest absolute Gasteiger partial charge is 0.0730 e. The first-order valence-electron chi connectivity index (χ1n) is 6.43. The number of rotatable bonds is 5. The minimum absolute atomic E-state index is 0.211. The molecule has 3 unspecified atom stereocenters. The van der Waals surface area contributed by atoms with Gasteiger partial charge in [-0.2, -0.15) is 0 Å². The fourth-order valence-electron chi connectivity index (χ4n) is 2.93. The predicted octanol–water partition coefficient (Wildman–Crippen LogP) is 0.603. The Balaban J connectivity index is 1.79. The van der Waals surface area contributed by atoms with E-state index in [1.165, 1.54) is 19.3 Å². The third-order valence-corrected chi connectivity index (χ3v) is 3.93. The van der Waals surface area contributed by atoms with Crippen molar-refractivity contribution in [2.24, 2.45) is 5.73 Å². The average molecular weight is 228 g/mol. The van der Waals surface area contributed by atoms with E-state index < -0.39 is 0 Å². The molecule has 0 spiro atoms. The number of methoxy groups -OCH3 is 1. The van der Waals surface area contributed by atoms with Crippen molar-refractivity contribution in [3.63, 3.8) is 0 Å². The van der Waals surface area contributed by atoms with Crippen LogP contribution in [0.15, 0.2) is 0 Å². The topological polar surface area (TPSA) is 47.7 Å². The zero-order valence-electron chi connectivity index (χ0n) is 10.2. The predicted molar refractivity (Wildman–Crippen MR) is 63.4 cm³/mol. The Morgan fingerprint density at radius 3 is 3.12 bits per heavy atom. The van der Waals surface area contributed by atoms with Gasteiger partial charge in [0.2, 0.25) is 0 Å². The quantitative estimate of drug-likeness (QED) is 0.749. The van der Waals surface area contributed by atoms with E-state index in [4.69, 9.17) is 15.2 Å². The van der Waals surface area contributed by atoms with Crippen LogP contribution >= 0.6 is 0 Å². The van der Waals surface area contributed by atoms with Crippen LogP contribution in [0, 0.1) is 0 Å². The maximum absolute atomic E-state index is 5.79. The molecule has 2 N–H and O–H groups in total. The Morgan fingerprint density at radius 2 is 2.38 bits per heavy atom. The van der Waals surface area contributed by atoms with E-state index >= 15 is 0 Å². The molecule has 1 saturated carbocycles. The molecule has 2 rings (SSSR count). The number of hydrogen-bond acceptors (Lipinski definition) is 4. The molecule has 1 aliphatic heterocycles. The molecule has 1 aliphatic carbocycles. The number of fused-ring (bicyclic) bond motifs is 1. The Labute approximate surface area is 98.1 Å². The van der Waals surface area contributed by atoms with Crippen molar-refractivity contribution in [2.75, 3.05) is 33.4 Å². The number of nitrogens with zero attached hydrogens (tertiary/aromatic N) is 1. The van der Waals surface area contributed by atoms with E-state index in [-0.39, 0.29) is 6.10 Å². The maximum atomic E-state index is 5.79. The van der Waals surface area contributed by atoms with Crippen molar-refractivity contribution in [1.29, 1.82) is 0 Å². The number of ether oxygens (including phenoxy) is 2. The van der Waals surface area contributed by atoms with Crippen molar-refractivity contribution >= 4 is 0 Å². The highest BCUT2D eigenvalue weighted by Gasteiger charge is 2.35. The van der Waals surface area contributed by atoms with Crippen molar-refractivity contribution in [1.82, 2.24) is 4.90 Å². The van der Waals surface area contributed by atoms with E-state index in [1.807, 2.05) is 0 Å². The minimum Gasteiger partial charge on any atom is -0.380 e. The summed E-state index contributed by atoms with van der Waals surface area (Å²) in [5, 5.41) is 0. The molecule has 0 bridgehead atoms. The van der Waals surface area contributed by atoms with Gasteiger partial charge >= 0.3 is 0 Å². The summed E-state index contributed by atoms with van der Waals surface area (Å²) in [7, 11) is 1.75. The van der Waals surface area contributed by atoms with Gasteiger partial charge < -0.3 is 15.2 Å². The molecule has 4 nitrogen and oxygen atoms in total. The first kappa shape index (κ1) is 12.3. The van der Waals surface area contributed by atoms with Crippen molar-refractivity contribution in [3.05, 3.63) is 0 Å². The van der Waals surface area contributed by atoms with Crippen molar-refractivity contribution in [2.45, 2.75) is 43.9 Å². The molecule has 0 aromatic heterocycles. The van der Waals surface area contributed by atoms with E-state index in [9.17, 15) is 0 Å². The van der Waals surface area contributed by atoms with Gasteiger partial charge in [-0.05, 0) is 25.7 Å². The van der Waals surface area contributed by atoms with Gasteiger partial charge in [0.1, 0.15) is 0 Å². The van der Waals surface area contributed by atoms with Crippen molar-refractivity contribution in [3.8, 4) is 0 Å². The number of hydrogen-bond donors (Lipinski definition) is 1. The molecular weight excluding hydrogens is 204 g/mol. The van der Waals surface area contributed by atoms with Gasteiger partial charge in [-0.25, -0.2) is 0 Å². The third kappa shape index (κ3) is 2.74. The Hall–Kier alpha value is -0.160. The molecule has 16 heavy (non-hydrogen) atoms. The lowest BCUT2D eigenvalue weighted by molar-refractivity contribution is -0.0594. The second-order valence-electron chi connectivity index (χ2n) is 4.83. The summed E-state index contributed by atoms with van der Waals surface area (Å²) >= 11 is 0. The third-order valence-electron chi connectivity index (χ3n) is 3.93. The Bertz CT molecular complexity index is 209. The zero-order chi connectivity index (χ0) is 11.4. The molecule has 0 amide bonds. The van der Waals surface area contributed by atoms with E-state index in [1.54, 1.807) is 7.11 Å². The normalized spacial score (nSPS) is 32.6. The largest absolute Gasteiger partial charge is 0.380 e. The maximum Gasteiger partial charge on any atom is 0.0730 e. The van der Waals surface area contributed by atoms with Crippen LogP contribution < -0.4 is 5.73 Å². The summed E-state index contributed by atoms with van der Waals surface area (Å²) in [4.78, 5) is 2.57. The first-order chi connectivity index (χ1) is 7.85. The summed E-state index contributed by atoms with van der Waals surface area (Å²) in [5.41, 5.74) is 5.64. The second-order valence-corrected chi connectivity index (χ2v) is 4.83. The average Bonchev–Trinajstić information content (AvgIpc) is 2.79. The van der Waals surface area contributed by atoms with Gasteiger partial charge in [-0.1, -0.05) is 0 Å². The molecule has 1 saturated heterocycles. The van der Waals surface area contributed by atoms with Crippen LogP contribution in [0.3, 0.4) is 0 Å². The molecule has 0 aromatic carbocycles. The van der Waals surface area contributed by atoms with Gasteiger partial charge in [0.25, 0.3) is 0 Å². The van der Waals surface area contributed by atoms with Crippen molar-refractivity contribution < 1.29 is 9.47 Å². The van der Waals surface area contributed by atoms with Crippen LogP contribution in [0.25, 0.3) is 0 Å². The van der Waals surface area contributed by atoms with Crippen LogP contribution in [0.2, 0.25) is 0 Å². The minimum atomic E-state index is 0.211. The lowest BCUT2D eigenvalue weighted by Crippen LogP contribution is -2.49. The van der Waals surface area contributed by atoms with Gasteiger partial charge in [-0.3, -0.25) is 4.90 Å². The highest BCUT2D eigenvalue weighted by Crippen LogP contribution is 2.29. The van der Waals surface area contributed by atoms with Gasteiger partial charge in [0, 0.05) is 32.8 Å². The fraction of sp³-hybridized carbons (Fsp3) is 1.00. The van der Waals surface area contributed by atoms with Crippen LogP contribution in [0.1, 0.15) is 25.7 Å². The molecule has 2 fully saturated rings. The monoisotopic (exact) mass is 228 g/mol. The summed E-state index contributed by atoms with van der Waals surface area (Å²) in [5.74, 6) is 0. The fourth-order valence-corrected chi connectivity index (χ4v) is 2.93. The SMILES string of the molecule is COC(CN)CCN1CCOC2CCCC21. The molecule has 0 aromatic rings. The lowest BCUT2D eigenvalue weighted by Gasteiger charge is -2.38. The molecule has 94 valence electrons. The van der Waals surface area contributed by atoms with Gasteiger partial charge in [0.15, 0.2) is 0 Å². The summed E-state index contributed by atoms with van der Waals surface area (Å²) in [6, 6.07) is 0.657. The standard InChI is InChI=1S/C12H24N2O2/c1-15-10(9-13)5-6-14-7-8-16-12-4-2-3-11(12)14/h10-12H,2-9,13H2,1H3. The Kier molecular flexibility index (Phi) is 4.58. The number of morpholine rings is 1. The molecule has 4 heteroatoms. The Morgan fingerprint density at radius 1 is 1.50 bits per heavy atom. The van der Waals surface area contributed by atoms with Crippen LogP contribution in [-0.2, 0) is 9.47 Å². The van der Waals surface area contributed by atoms with Gasteiger partial charge in [0.05, 0.1) is 18.8 Å². The highest BCUT2D eigenvalue weighted by molar-refractivity contribution is 4.89. The lowest BCUT2D eigenvalue weighted by atomic mass is 10.1.